The molecular weight excluding hydrogens is 608 g/mol. The maximum atomic E-state index is 11.6. The van der Waals surface area contributed by atoms with Crippen molar-refractivity contribution in [2.75, 3.05) is 26.4 Å². The molecule has 0 amide bonds. The van der Waals surface area contributed by atoms with Crippen molar-refractivity contribution in [2.24, 2.45) is 22.7 Å². The van der Waals surface area contributed by atoms with Gasteiger partial charge in [0.25, 0.3) is 0 Å². The zero-order valence-corrected chi connectivity index (χ0v) is 30.5. The van der Waals surface area contributed by atoms with Crippen LogP contribution in [-0.4, -0.2) is 50.3 Å². The standard InChI is InChI=1S/C21H34O4.C19H30O4/c1-6-7-18-8-10-21(11-9-18,12-14-24-19(22)16(2)3)13-15-25-20(23)17(4)5;1-4-7-16-8-10-19(11-9-16,12-14-22-17(20)5-2)13-15-23-18(21)6-3/h18H,2,4,6-15H2,1,3,5H3;5-6,16H,2-4,7-15H2,1H3. The minimum absolute atomic E-state index is 0.0922. The van der Waals surface area contributed by atoms with Gasteiger partial charge in [-0.2, -0.15) is 0 Å². The number of hydrogen-bond acceptors (Lipinski definition) is 8. The molecule has 0 atom stereocenters. The van der Waals surface area contributed by atoms with Crippen LogP contribution in [0.4, 0.5) is 0 Å². The molecule has 0 aromatic carbocycles. The van der Waals surface area contributed by atoms with E-state index < -0.39 is 0 Å². The molecule has 0 spiro atoms. The molecule has 0 unspecified atom stereocenters. The fourth-order valence-corrected chi connectivity index (χ4v) is 7.04. The Kier molecular flexibility index (Phi) is 20.8. The largest absolute Gasteiger partial charge is 0.463 e. The van der Waals surface area contributed by atoms with E-state index in [1.165, 1.54) is 63.5 Å². The highest BCUT2D eigenvalue weighted by Gasteiger charge is 2.36. The number of esters is 4. The first kappa shape index (κ1) is 42.9. The normalized spacial score (nSPS) is 17.1. The van der Waals surface area contributed by atoms with Crippen LogP contribution in [0.15, 0.2) is 49.6 Å². The third-order valence-corrected chi connectivity index (χ3v) is 10.2. The van der Waals surface area contributed by atoms with Crippen LogP contribution < -0.4 is 0 Å². The van der Waals surface area contributed by atoms with Crippen LogP contribution in [0.3, 0.4) is 0 Å². The molecule has 2 aliphatic carbocycles. The Labute approximate surface area is 290 Å². The summed E-state index contributed by atoms with van der Waals surface area (Å²) in [5.74, 6) is 0.191. The van der Waals surface area contributed by atoms with Gasteiger partial charge in [-0.1, -0.05) is 65.8 Å². The first-order valence-corrected chi connectivity index (χ1v) is 18.1. The van der Waals surface area contributed by atoms with E-state index in [4.69, 9.17) is 18.9 Å². The van der Waals surface area contributed by atoms with Crippen molar-refractivity contribution in [1.82, 2.24) is 0 Å². The molecule has 0 aromatic heterocycles. The van der Waals surface area contributed by atoms with Gasteiger partial charge < -0.3 is 18.9 Å². The van der Waals surface area contributed by atoms with Gasteiger partial charge in [0.1, 0.15) is 0 Å². The van der Waals surface area contributed by atoms with Crippen molar-refractivity contribution in [3.05, 3.63) is 49.6 Å². The van der Waals surface area contributed by atoms with Crippen molar-refractivity contribution in [3.8, 4) is 0 Å². The van der Waals surface area contributed by atoms with E-state index >= 15 is 0 Å². The zero-order valence-electron chi connectivity index (χ0n) is 30.5. The monoisotopic (exact) mass is 672 g/mol. The van der Waals surface area contributed by atoms with Gasteiger partial charge in [0, 0.05) is 23.3 Å². The van der Waals surface area contributed by atoms with Gasteiger partial charge in [-0.05, 0) is 114 Å². The third kappa shape index (κ3) is 16.8. The van der Waals surface area contributed by atoms with Crippen molar-refractivity contribution in [1.29, 1.82) is 0 Å². The van der Waals surface area contributed by atoms with Crippen molar-refractivity contribution in [3.63, 3.8) is 0 Å². The van der Waals surface area contributed by atoms with Gasteiger partial charge in [-0.3, -0.25) is 0 Å². The first-order valence-electron chi connectivity index (χ1n) is 18.1. The number of carbonyl (C=O) groups excluding carboxylic acids is 4. The van der Waals surface area contributed by atoms with Gasteiger partial charge in [-0.15, -0.1) is 0 Å². The molecule has 2 aliphatic rings. The summed E-state index contributed by atoms with van der Waals surface area (Å²) in [6, 6.07) is 0. The minimum atomic E-state index is -0.377. The summed E-state index contributed by atoms with van der Waals surface area (Å²) in [4.78, 5) is 45.6. The summed E-state index contributed by atoms with van der Waals surface area (Å²) >= 11 is 0. The lowest BCUT2D eigenvalue weighted by Crippen LogP contribution is -2.31. The molecule has 0 heterocycles. The van der Waals surface area contributed by atoms with Gasteiger partial charge in [0.2, 0.25) is 0 Å². The van der Waals surface area contributed by atoms with Gasteiger partial charge in [0.05, 0.1) is 26.4 Å². The second-order valence-electron chi connectivity index (χ2n) is 14.0. The molecule has 2 saturated carbocycles. The Balaban J connectivity index is 0.000000482. The molecule has 0 N–H and O–H groups in total. The molecule has 8 nitrogen and oxygen atoms in total. The number of ether oxygens (including phenoxy) is 4. The maximum absolute atomic E-state index is 11.6. The fraction of sp³-hybridized carbons (Fsp3) is 0.700. The lowest BCUT2D eigenvalue weighted by atomic mass is 9.66. The average molecular weight is 673 g/mol. The second-order valence-corrected chi connectivity index (χ2v) is 14.0. The summed E-state index contributed by atoms with van der Waals surface area (Å²) in [7, 11) is 0. The maximum Gasteiger partial charge on any atom is 0.333 e. The van der Waals surface area contributed by atoms with Crippen LogP contribution in [0, 0.1) is 22.7 Å². The van der Waals surface area contributed by atoms with Gasteiger partial charge in [0.15, 0.2) is 0 Å². The summed E-state index contributed by atoms with van der Waals surface area (Å²) < 4.78 is 20.9. The summed E-state index contributed by atoms with van der Waals surface area (Å²) in [6.45, 7) is 23.4. The van der Waals surface area contributed by atoms with Crippen LogP contribution in [0.25, 0.3) is 0 Å². The topological polar surface area (TPSA) is 105 Å². The summed E-state index contributed by atoms with van der Waals surface area (Å²) in [5, 5.41) is 0. The minimum Gasteiger partial charge on any atom is -0.463 e. The quantitative estimate of drug-likeness (QED) is 0.0716. The Bertz CT molecular complexity index is 995. The molecule has 0 aliphatic heterocycles. The van der Waals surface area contributed by atoms with Gasteiger partial charge in [-0.25, -0.2) is 19.2 Å². The van der Waals surface area contributed by atoms with Crippen LogP contribution in [-0.2, 0) is 38.1 Å². The smallest absolute Gasteiger partial charge is 0.333 e. The Morgan fingerprint density at radius 1 is 0.583 bits per heavy atom. The number of rotatable bonds is 20. The highest BCUT2D eigenvalue weighted by atomic mass is 16.5. The van der Waals surface area contributed by atoms with E-state index in [2.05, 4.69) is 40.2 Å². The molecule has 48 heavy (non-hydrogen) atoms. The van der Waals surface area contributed by atoms with E-state index in [0.29, 0.717) is 37.6 Å². The highest BCUT2D eigenvalue weighted by Crippen LogP contribution is 2.46. The Hall–Kier alpha value is -3.16. The highest BCUT2D eigenvalue weighted by molar-refractivity contribution is 5.87. The predicted octanol–water partition coefficient (Wildman–Crippen LogP) is 9.18. The Morgan fingerprint density at radius 3 is 1.12 bits per heavy atom. The zero-order chi connectivity index (χ0) is 36.0. The molecule has 2 rings (SSSR count). The molecule has 0 radical (unpaired) electrons. The van der Waals surface area contributed by atoms with E-state index in [9.17, 15) is 19.2 Å². The van der Waals surface area contributed by atoms with Crippen LogP contribution in [0.1, 0.15) is 130 Å². The average Bonchev–Trinajstić information content (AvgIpc) is 3.07. The van der Waals surface area contributed by atoms with E-state index in [-0.39, 0.29) is 34.7 Å². The molecule has 0 bridgehead atoms. The molecule has 0 aromatic rings. The van der Waals surface area contributed by atoms with E-state index in [0.717, 1.165) is 63.2 Å². The number of carbonyl (C=O) groups is 4. The van der Waals surface area contributed by atoms with Gasteiger partial charge >= 0.3 is 23.9 Å². The molecular formula is C40H64O8. The van der Waals surface area contributed by atoms with E-state index in [1.54, 1.807) is 13.8 Å². The first-order chi connectivity index (χ1) is 22.8. The molecule has 272 valence electrons. The van der Waals surface area contributed by atoms with Crippen molar-refractivity contribution < 1.29 is 38.1 Å². The van der Waals surface area contributed by atoms with Crippen molar-refractivity contribution >= 4 is 23.9 Å². The number of hydrogen-bond donors (Lipinski definition) is 0. The molecule has 8 heteroatoms. The lowest BCUT2D eigenvalue weighted by Gasteiger charge is -2.40. The van der Waals surface area contributed by atoms with Crippen LogP contribution in [0.5, 0.6) is 0 Å². The summed E-state index contributed by atoms with van der Waals surface area (Å²) in [5.41, 5.74) is 1.05. The molecule has 0 saturated heterocycles. The van der Waals surface area contributed by atoms with Crippen LogP contribution >= 0.6 is 0 Å². The second kappa shape index (κ2) is 23.2. The lowest BCUT2D eigenvalue weighted by molar-refractivity contribution is -0.142. The van der Waals surface area contributed by atoms with E-state index in [1.807, 2.05) is 0 Å². The predicted molar refractivity (Wildman–Crippen MR) is 191 cm³/mol. The summed E-state index contributed by atoms with van der Waals surface area (Å²) in [6.07, 6.45) is 19.9. The Morgan fingerprint density at radius 2 is 0.875 bits per heavy atom. The third-order valence-electron chi connectivity index (χ3n) is 10.2. The van der Waals surface area contributed by atoms with Crippen molar-refractivity contribution in [2.45, 2.75) is 130 Å². The SMILES string of the molecule is C=C(C)C(=O)OCCC1(CCOC(=O)C(=C)C)CCC(CCC)CC1.C=CC(=O)OCCC1(CCOC(=O)C=C)CCC(CCC)CC1. The van der Waals surface area contributed by atoms with Crippen LogP contribution in [0.2, 0.25) is 0 Å². The fourth-order valence-electron chi connectivity index (χ4n) is 7.04. The molecule has 2 fully saturated rings.